The Labute approximate surface area is 103 Å². The molecule has 2 unspecified atom stereocenters. The lowest BCUT2D eigenvalue weighted by Crippen LogP contribution is -2.34. The summed E-state index contributed by atoms with van der Waals surface area (Å²) in [6.45, 7) is 0.709. The van der Waals surface area contributed by atoms with Crippen molar-refractivity contribution in [2.45, 2.75) is 44.5 Å². The Balaban J connectivity index is 1.54. The van der Waals surface area contributed by atoms with Crippen molar-refractivity contribution in [3.63, 3.8) is 0 Å². The van der Waals surface area contributed by atoms with Gasteiger partial charge < -0.3 is 9.84 Å². The minimum Gasteiger partial charge on any atom is -0.393 e. The van der Waals surface area contributed by atoms with E-state index in [0.29, 0.717) is 24.5 Å². The molecule has 0 saturated heterocycles. The van der Waals surface area contributed by atoms with Crippen LogP contribution in [0.15, 0.2) is 30.3 Å². The van der Waals surface area contributed by atoms with E-state index in [9.17, 15) is 5.11 Å². The van der Waals surface area contributed by atoms with E-state index in [-0.39, 0.29) is 6.10 Å². The van der Waals surface area contributed by atoms with Crippen LogP contribution >= 0.6 is 0 Å². The summed E-state index contributed by atoms with van der Waals surface area (Å²) >= 11 is 0. The van der Waals surface area contributed by atoms with Crippen molar-refractivity contribution in [2.24, 2.45) is 11.8 Å². The second-order valence-electron chi connectivity index (χ2n) is 5.48. The molecule has 1 N–H and O–H groups in total. The van der Waals surface area contributed by atoms with Crippen LogP contribution in [-0.2, 0) is 11.3 Å². The van der Waals surface area contributed by atoms with Gasteiger partial charge >= 0.3 is 0 Å². The van der Waals surface area contributed by atoms with Crippen LogP contribution in [0.5, 0.6) is 0 Å². The number of rotatable bonds is 3. The summed E-state index contributed by atoms with van der Waals surface area (Å²) in [6, 6.07) is 10.3. The first-order valence-electron chi connectivity index (χ1n) is 6.66. The van der Waals surface area contributed by atoms with E-state index in [2.05, 4.69) is 12.1 Å². The zero-order chi connectivity index (χ0) is 11.7. The van der Waals surface area contributed by atoms with Gasteiger partial charge in [0, 0.05) is 0 Å². The number of aliphatic hydroxyl groups excluding tert-OH is 1. The van der Waals surface area contributed by atoms with Crippen LogP contribution in [0.3, 0.4) is 0 Å². The first-order chi connectivity index (χ1) is 8.33. The molecule has 17 heavy (non-hydrogen) atoms. The Morgan fingerprint density at radius 2 is 1.71 bits per heavy atom. The van der Waals surface area contributed by atoms with E-state index in [4.69, 9.17) is 4.74 Å². The summed E-state index contributed by atoms with van der Waals surface area (Å²) in [6.07, 6.45) is 4.78. The Morgan fingerprint density at radius 1 is 1.06 bits per heavy atom. The first-order valence-corrected chi connectivity index (χ1v) is 6.66. The molecule has 0 spiro atoms. The number of ether oxygens (including phenoxy) is 1. The molecule has 0 aromatic heterocycles. The highest BCUT2D eigenvalue weighted by molar-refractivity contribution is 5.13. The molecule has 2 aliphatic carbocycles. The van der Waals surface area contributed by atoms with Crippen LogP contribution in [0.4, 0.5) is 0 Å². The fourth-order valence-electron chi connectivity index (χ4n) is 3.37. The third-order valence-electron chi connectivity index (χ3n) is 4.33. The molecule has 1 aromatic carbocycles. The van der Waals surface area contributed by atoms with Crippen molar-refractivity contribution in [3.05, 3.63) is 35.9 Å². The van der Waals surface area contributed by atoms with Crippen molar-refractivity contribution in [3.8, 4) is 0 Å². The second kappa shape index (κ2) is 4.79. The zero-order valence-corrected chi connectivity index (χ0v) is 10.1. The first kappa shape index (κ1) is 11.2. The van der Waals surface area contributed by atoms with Gasteiger partial charge in [-0.3, -0.25) is 0 Å². The summed E-state index contributed by atoms with van der Waals surface area (Å²) in [7, 11) is 0. The molecule has 3 rings (SSSR count). The van der Waals surface area contributed by atoms with Crippen molar-refractivity contribution < 1.29 is 9.84 Å². The van der Waals surface area contributed by atoms with Gasteiger partial charge in [-0.2, -0.15) is 0 Å². The molecule has 2 fully saturated rings. The summed E-state index contributed by atoms with van der Waals surface area (Å²) in [5.41, 5.74) is 1.24. The van der Waals surface area contributed by atoms with Crippen molar-refractivity contribution >= 4 is 0 Å². The molecule has 4 atom stereocenters. The van der Waals surface area contributed by atoms with E-state index in [1.54, 1.807) is 0 Å². The normalized spacial score (nSPS) is 36.1. The van der Waals surface area contributed by atoms with Gasteiger partial charge in [0.05, 0.1) is 18.8 Å². The molecule has 0 aliphatic heterocycles. The molecule has 0 heterocycles. The quantitative estimate of drug-likeness (QED) is 0.868. The van der Waals surface area contributed by atoms with Gasteiger partial charge in [0.25, 0.3) is 0 Å². The third kappa shape index (κ3) is 2.38. The second-order valence-corrected chi connectivity index (χ2v) is 5.48. The highest BCUT2D eigenvalue weighted by Crippen LogP contribution is 2.43. The van der Waals surface area contributed by atoms with Gasteiger partial charge in [-0.25, -0.2) is 0 Å². The molecular formula is C15H20O2. The van der Waals surface area contributed by atoms with E-state index in [1.165, 1.54) is 18.4 Å². The molecule has 1 aromatic rings. The van der Waals surface area contributed by atoms with Crippen molar-refractivity contribution in [1.82, 2.24) is 0 Å². The Morgan fingerprint density at radius 3 is 2.35 bits per heavy atom. The van der Waals surface area contributed by atoms with Crippen LogP contribution in [0.1, 0.15) is 31.2 Å². The van der Waals surface area contributed by atoms with Gasteiger partial charge in [0.15, 0.2) is 0 Å². The SMILES string of the molecule is OC1[C@@H]2CC[C@H]1CC(OCc1ccccc1)C2. The van der Waals surface area contributed by atoms with Crippen LogP contribution in [0.25, 0.3) is 0 Å². The maximum Gasteiger partial charge on any atom is 0.0720 e. The molecular weight excluding hydrogens is 212 g/mol. The lowest BCUT2D eigenvalue weighted by atomic mass is 9.84. The Hall–Kier alpha value is -0.860. The number of aliphatic hydroxyl groups is 1. The van der Waals surface area contributed by atoms with Gasteiger partial charge in [-0.1, -0.05) is 30.3 Å². The smallest absolute Gasteiger partial charge is 0.0720 e. The average molecular weight is 232 g/mol. The molecule has 0 amide bonds. The molecule has 2 heteroatoms. The van der Waals surface area contributed by atoms with E-state index >= 15 is 0 Å². The number of hydrogen-bond acceptors (Lipinski definition) is 2. The summed E-state index contributed by atoms with van der Waals surface area (Å²) < 4.78 is 5.99. The van der Waals surface area contributed by atoms with E-state index in [0.717, 1.165) is 12.8 Å². The van der Waals surface area contributed by atoms with Crippen LogP contribution in [0.2, 0.25) is 0 Å². The maximum absolute atomic E-state index is 9.96. The lowest BCUT2D eigenvalue weighted by molar-refractivity contribution is -0.0470. The molecule has 2 bridgehead atoms. The zero-order valence-electron chi connectivity index (χ0n) is 10.1. The predicted octanol–water partition coefficient (Wildman–Crippen LogP) is 2.75. The topological polar surface area (TPSA) is 29.5 Å². The van der Waals surface area contributed by atoms with Crippen LogP contribution in [0, 0.1) is 11.8 Å². The number of benzene rings is 1. The standard InChI is InChI=1S/C15H20O2/c16-15-12-6-7-13(15)9-14(8-12)17-10-11-4-2-1-3-5-11/h1-5,12-16H,6-10H2/t12-,13+,14?,15?. The predicted molar refractivity (Wildman–Crippen MR) is 66.5 cm³/mol. The Bertz CT molecular complexity index is 348. The minimum absolute atomic E-state index is 0.0495. The van der Waals surface area contributed by atoms with Gasteiger partial charge in [0.1, 0.15) is 0 Å². The van der Waals surface area contributed by atoms with Crippen LogP contribution in [-0.4, -0.2) is 17.3 Å². The number of fused-ring (bicyclic) bond motifs is 2. The van der Waals surface area contributed by atoms with Gasteiger partial charge in [-0.15, -0.1) is 0 Å². The molecule has 2 aliphatic rings. The fourth-order valence-corrected chi connectivity index (χ4v) is 3.37. The largest absolute Gasteiger partial charge is 0.393 e. The summed E-state index contributed by atoms with van der Waals surface area (Å²) in [5.74, 6) is 0.990. The fraction of sp³-hybridized carbons (Fsp3) is 0.600. The third-order valence-corrected chi connectivity index (χ3v) is 4.33. The molecule has 2 nitrogen and oxygen atoms in total. The number of hydrogen-bond donors (Lipinski definition) is 1. The molecule has 0 radical (unpaired) electrons. The highest BCUT2D eigenvalue weighted by atomic mass is 16.5. The molecule has 2 saturated carbocycles. The van der Waals surface area contributed by atoms with E-state index in [1.807, 2.05) is 18.2 Å². The van der Waals surface area contributed by atoms with Gasteiger partial charge in [-0.05, 0) is 43.1 Å². The van der Waals surface area contributed by atoms with Crippen molar-refractivity contribution in [1.29, 1.82) is 0 Å². The maximum atomic E-state index is 9.96. The van der Waals surface area contributed by atoms with Gasteiger partial charge in [0.2, 0.25) is 0 Å². The summed E-state index contributed by atoms with van der Waals surface area (Å²) in [5, 5.41) is 9.96. The highest BCUT2D eigenvalue weighted by Gasteiger charge is 2.41. The van der Waals surface area contributed by atoms with Crippen molar-refractivity contribution in [2.75, 3.05) is 0 Å². The molecule has 92 valence electrons. The summed E-state index contributed by atoms with van der Waals surface area (Å²) in [4.78, 5) is 0. The van der Waals surface area contributed by atoms with Crippen LogP contribution < -0.4 is 0 Å². The Kier molecular flexibility index (Phi) is 3.17. The lowest BCUT2D eigenvalue weighted by Gasteiger charge is -2.32. The monoisotopic (exact) mass is 232 g/mol. The minimum atomic E-state index is -0.0495. The average Bonchev–Trinajstić information content (AvgIpc) is 2.61. The van der Waals surface area contributed by atoms with E-state index < -0.39 is 0 Å².